The summed E-state index contributed by atoms with van der Waals surface area (Å²) in [5.74, 6) is -12.1. The topological polar surface area (TPSA) is 412 Å². The second-order valence-corrected chi connectivity index (χ2v) is 25.5. The van der Waals surface area contributed by atoms with Crippen molar-refractivity contribution in [2.24, 2.45) is 0 Å². The Bertz CT molecular complexity index is 3950. The summed E-state index contributed by atoms with van der Waals surface area (Å²) in [6.07, 6.45) is -36.6. The molecule has 4 heterocycles. The summed E-state index contributed by atoms with van der Waals surface area (Å²) < 4.78 is 118. The Kier molecular flexibility index (Phi) is 30.5. The average molecular weight is 1540 g/mol. The van der Waals surface area contributed by atoms with E-state index in [2.05, 4.69) is 5.32 Å². The van der Waals surface area contributed by atoms with Gasteiger partial charge in [0.25, 0.3) is 0 Å². The lowest BCUT2D eigenvalue weighted by molar-refractivity contribution is -0.380. The molecule has 5 aromatic carbocycles. The van der Waals surface area contributed by atoms with Crippen molar-refractivity contribution in [2.75, 3.05) is 33.0 Å². The number of aliphatic hydroxyl groups excluding tert-OH is 1. The molecule has 0 aromatic heterocycles. The van der Waals surface area contributed by atoms with Gasteiger partial charge >= 0.3 is 65.7 Å². The highest BCUT2D eigenvalue weighted by Gasteiger charge is 2.61. The lowest BCUT2D eigenvalue weighted by Crippen LogP contribution is -2.71. The first kappa shape index (κ1) is 83.4. The summed E-state index contributed by atoms with van der Waals surface area (Å²) in [6.45, 7) is 5.31. The van der Waals surface area contributed by atoms with Crippen molar-refractivity contribution in [1.29, 1.82) is 0 Å². The van der Waals surface area contributed by atoms with Crippen LogP contribution >= 0.6 is 0 Å². The first-order valence-electron chi connectivity index (χ1n) is 35.1. The smallest absolute Gasteiger partial charge is 0.338 e. The van der Waals surface area contributed by atoms with Gasteiger partial charge in [0.05, 0.1) is 27.8 Å². The molecule has 1 amide bonds. The molecule has 4 aliphatic heterocycles. The van der Waals surface area contributed by atoms with Gasteiger partial charge in [-0.25, -0.2) is 24.0 Å². The lowest BCUT2D eigenvalue weighted by Gasteiger charge is -2.51. The third-order valence-electron chi connectivity index (χ3n) is 17.1. The number of ether oxygens (including phenoxy) is 19. The summed E-state index contributed by atoms with van der Waals surface area (Å²) in [5.41, 5.74) is -0.117. The quantitative estimate of drug-likeness (QED) is 0.0336. The van der Waals surface area contributed by atoms with Crippen LogP contribution in [0.5, 0.6) is 0 Å². The van der Waals surface area contributed by atoms with Crippen molar-refractivity contribution in [3.8, 4) is 0 Å². The van der Waals surface area contributed by atoms with Gasteiger partial charge in [-0.1, -0.05) is 104 Å². The van der Waals surface area contributed by atoms with Gasteiger partial charge in [-0.3, -0.25) is 33.6 Å². The number of rotatable bonds is 31. The van der Waals surface area contributed by atoms with Crippen LogP contribution in [-0.4, -0.2) is 232 Å². The molecule has 110 heavy (non-hydrogen) atoms. The van der Waals surface area contributed by atoms with Crippen LogP contribution in [0.15, 0.2) is 152 Å². The van der Waals surface area contributed by atoms with E-state index in [0.29, 0.717) is 12.8 Å². The van der Waals surface area contributed by atoms with E-state index < -0.39 is 221 Å². The van der Waals surface area contributed by atoms with Crippen molar-refractivity contribution in [3.05, 3.63) is 179 Å². The Morgan fingerprint density at radius 3 is 1.05 bits per heavy atom. The number of esters is 11. The van der Waals surface area contributed by atoms with Crippen molar-refractivity contribution in [3.63, 3.8) is 0 Å². The van der Waals surface area contributed by atoms with Crippen LogP contribution in [0.4, 0.5) is 0 Å². The standard InChI is InChI=1S/C77H85NO32/c1-9-10-36-92-75-67(107-73(91)52-34-24-15-25-35-52)65(105-71(89)50-30-20-13-21-31-50)61(56(103-75)40-96-70(88)49-28-18-12-19-29-49)109-76-66(106-72(90)51-32-22-14-23-33-51)63(58(86)53(101-76)37-95-69(87)48-26-16-11-17-27-48)110-74-57(78-41(2)79)62(98-45(6)83)59(54(102-74)38-93-42(3)80)108-77-68(100-47(8)85)64(99-46(7)84)60(97-44(5)82)55(104-77)39-94-43(4)81/h11-35,53-68,74-77,86H,9-10,36-40H2,1-8H3,(H,78,79)/t53?,54?,55?,56?,57-,58-,59+,60-,61+,62?,63?,64?,65-,66-,67?,68-,74-,75+,76-,77-/m0/s1. The molecule has 5 aromatic rings. The maximum atomic E-state index is 15.0. The van der Waals surface area contributed by atoms with Crippen LogP contribution in [0, 0.1) is 0 Å². The molecule has 0 aliphatic carbocycles. The maximum absolute atomic E-state index is 15.0. The van der Waals surface area contributed by atoms with E-state index in [9.17, 15) is 57.8 Å². The molecule has 4 fully saturated rings. The number of amides is 1. The second kappa shape index (κ2) is 40.2. The normalized spacial score (nSPS) is 27.6. The Labute approximate surface area is 630 Å². The van der Waals surface area contributed by atoms with Crippen LogP contribution in [0.1, 0.15) is 120 Å². The van der Waals surface area contributed by atoms with Crippen LogP contribution < -0.4 is 5.32 Å². The van der Waals surface area contributed by atoms with E-state index in [4.69, 9.17) is 90.0 Å². The van der Waals surface area contributed by atoms with E-state index in [0.717, 1.165) is 48.5 Å². The summed E-state index contributed by atoms with van der Waals surface area (Å²) in [5, 5.41) is 15.8. The largest absolute Gasteiger partial charge is 0.463 e. The predicted octanol–water partition coefficient (Wildman–Crippen LogP) is 4.97. The van der Waals surface area contributed by atoms with Crippen LogP contribution in [0.2, 0.25) is 0 Å². The van der Waals surface area contributed by atoms with Crippen molar-refractivity contribution >= 4 is 71.6 Å². The van der Waals surface area contributed by atoms with Gasteiger partial charge in [-0.2, -0.15) is 0 Å². The number of hydrogen-bond donors (Lipinski definition) is 2. The number of nitrogens with one attached hydrogen (secondary N) is 1. The maximum Gasteiger partial charge on any atom is 0.338 e. The van der Waals surface area contributed by atoms with Crippen LogP contribution in [-0.2, 0) is 124 Å². The molecule has 4 saturated heterocycles. The molecule has 2 N–H and O–H groups in total. The molecule has 8 unspecified atom stereocenters. The minimum Gasteiger partial charge on any atom is -0.463 e. The number of aliphatic hydroxyl groups is 1. The fourth-order valence-corrected chi connectivity index (χ4v) is 12.3. The molecule has 33 heteroatoms. The van der Waals surface area contributed by atoms with Gasteiger partial charge in [0.1, 0.15) is 81.3 Å². The predicted molar refractivity (Wildman–Crippen MR) is 370 cm³/mol. The van der Waals surface area contributed by atoms with Gasteiger partial charge < -0.3 is 100 Å². The SMILES string of the molecule is CCCCO[C@@H]1OC(COC(=O)c2ccccc2)[C@@H](O[C@@H]2OC(COC(=O)c3ccccc3)[C@H](O)C(O[C@@H]3OC(COC(C)=O)[C@@H](O[C@@H]4OC(COC(C)=O)[C@H](OC(C)=O)C(OC(C)=O)[C@@H]4OC(C)=O)C(OC(C)=O)[C@@H]3NC(C)=O)[C@@H]2OC(=O)c2ccccc2)[C@H](OC(=O)c2ccccc2)C1OC(=O)c1ccccc1. The number of hydrogen-bond acceptors (Lipinski definition) is 32. The average Bonchev–Trinajstić information content (AvgIpc) is 0.760. The molecule has 590 valence electrons. The van der Waals surface area contributed by atoms with Gasteiger partial charge in [-0.15, -0.1) is 0 Å². The monoisotopic (exact) mass is 1540 g/mol. The van der Waals surface area contributed by atoms with Gasteiger partial charge in [0.2, 0.25) is 5.91 Å². The van der Waals surface area contributed by atoms with Gasteiger partial charge in [0.15, 0.2) is 67.9 Å². The molecule has 0 radical (unpaired) electrons. The van der Waals surface area contributed by atoms with Gasteiger partial charge in [-0.05, 0) is 67.1 Å². The fraction of sp³-hybridized carbons (Fsp3) is 0.455. The zero-order valence-corrected chi connectivity index (χ0v) is 61.0. The van der Waals surface area contributed by atoms with Crippen molar-refractivity contribution < 1.29 is 153 Å². The molecular formula is C77H85NO32. The molecule has 0 saturated carbocycles. The van der Waals surface area contributed by atoms with E-state index >= 15 is 4.79 Å². The number of benzene rings is 5. The zero-order chi connectivity index (χ0) is 79.1. The minimum atomic E-state index is -2.29. The Hall–Kier alpha value is -10.6. The van der Waals surface area contributed by atoms with E-state index in [1.54, 1.807) is 66.7 Å². The van der Waals surface area contributed by atoms with Crippen LogP contribution in [0.3, 0.4) is 0 Å². The Morgan fingerprint density at radius 1 is 0.327 bits per heavy atom. The molecule has 33 nitrogen and oxygen atoms in total. The highest BCUT2D eigenvalue weighted by atomic mass is 16.8. The summed E-state index contributed by atoms with van der Waals surface area (Å²) in [6, 6.07) is 35.7. The third kappa shape index (κ3) is 23.0. The first-order valence-corrected chi connectivity index (χ1v) is 35.1. The molecule has 0 spiro atoms. The number of carbonyl (C=O) groups is 12. The van der Waals surface area contributed by atoms with Crippen molar-refractivity contribution in [2.45, 2.75) is 191 Å². The highest BCUT2D eigenvalue weighted by molar-refractivity contribution is 5.92. The third-order valence-corrected chi connectivity index (χ3v) is 17.1. The highest BCUT2D eigenvalue weighted by Crippen LogP contribution is 2.40. The zero-order valence-electron chi connectivity index (χ0n) is 61.0. The van der Waals surface area contributed by atoms with E-state index in [-0.39, 0.29) is 34.4 Å². The molecular weight excluding hydrogens is 1450 g/mol. The minimum absolute atomic E-state index is 0.00168. The Balaban J connectivity index is 1.22. The molecule has 20 atom stereocenters. The summed E-state index contributed by atoms with van der Waals surface area (Å²) >= 11 is 0. The number of unbranched alkanes of at least 4 members (excludes halogenated alkanes) is 1. The fourth-order valence-electron chi connectivity index (χ4n) is 12.3. The second-order valence-electron chi connectivity index (χ2n) is 25.5. The first-order chi connectivity index (χ1) is 52.8. The van der Waals surface area contributed by atoms with Crippen LogP contribution in [0.25, 0.3) is 0 Å². The summed E-state index contributed by atoms with van der Waals surface area (Å²) in [4.78, 5) is 164. The molecule has 0 bridgehead atoms. The molecule has 9 rings (SSSR count). The van der Waals surface area contributed by atoms with E-state index in [1.807, 2.05) is 6.92 Å². The van der Waals surface area contributed by atoms with E-state index in [1.165, 1.54) is 84.9 Å². The molecule has 4 aliphatic rings. The van der Waals surface area contributed by atoms with Gasteiger partial charge in [0, 0.05) is 55.1 Å². The van der Waals surface area contributed by atoms with Crippen molar-refractivity contribution in [1.82, 2.24) is 5.32 Å². The Morgan fingerprint density at radius 2 is 0.636 bits per heavy atom. The number of carbonyl (C=O) groups excluding carboxylic acids is 12. The lowest BCUT2D eigenvalue weighted by atomic mass is 9.93. The summed E-state index contributed by atoms with van der Waals surface area (Å²) in [7, 11) is 0.